The first-order chi connectivity index (χ1) is 9.94. The van der Waals surface area contributed by atoms with Crippen LogP contribution >= 0.6 is 11.3 Å². The zero-order valence-electron chi connectivity index (χ0n) is 12.7. The van der Waals surface area contributed by atoms with Gasteiger partial charge in [0.05, 0.1) is 15.2 Å². The highest BCUT2D eigenvalue weighted by Crippen LogP contribution is 2.22. The molecule has 0 radical (unpaired) electrons. The Kier molecular flexibility index (Phi) is 5.31. The van der Waals surface area contributed by atoms with Crippen molar-refractivity contribution in [2.45, 2.75) is 45.1 Å². The lowest BCUT2D eigenvalue weighted by atomic mass is 10.1. The normalized spacial score (nSPS) is 11.8. The summed E-state index contributed by atoms with van der Waals surface area (Å²) in [6.07, 6.45) is 3.36. The van der Waals surface area contributed by atoms with Crippen molar-refractivity contribution in [3.63, 3.8) is 0 Å². The number of para-hydroxylation sites is 1. The molecule has 2 rings (SSSR count). The van der Waals surface area contributed by atoms with E-state index in [-0.39, 0.29) is 11.4 Å². The summed E-state index contributed by atoms with van der Waals surface area (Å²) < 4.78 is 1.23. The summed E-state index contributed by atoms with van der Waals surface area (Å²) in [4.78, 5) is 16.3. The van der Waals surface area contributed by atoms with Crippen molar-refractivity contribution < 1.29 is 4.79 Å². The number of nitrogens with one attached hydrogen (secondary N) is 1. The minimum atomic E-state index is -0.351. The number of fused-ring (bicyclic) bond motifs is 1. The second-order valence-corrected chi connectivity index (χ2v) is 7.16. The molecule has 0 aliphatic carbocycles. The lowest BCUT2D eigenvalue weighted by Gasteiger charge is -2.18. The molecule has 1 aromatic heterocycles. The molecule has 2 aromatic rings. The molecule has 0 unspecified atom stereocenters. The Morgan fingerprint density at radius 2 is 2.10 bits per heavy atom. The lowest BCUT2D eigenvalue weighted by molar-refractivity contribution is -0.121. The predicted molar refractivity (Wildman–Crippen MR) is 88.5 cm³/mol. The SMILES string of the molecule is CC(C)(N)CNC(=O)CCCCc1nc2ccccc2s1. The van der Waals surface area contributed by atoms with Gasteiger partial charge in [-0.1, -0.05) is 12.1 Å². The van der Waals surface area contributed by atoms with Crippen molar-refractivity contribution in [2.24, 2.45) is 5.73 Å². The fraction of sp³-hybridized carbons (Fsp3) is 0.500. The molecular weight excluding hydrogens is 282 g/mol. The van der Waals surface area contributed by atoms with Gasteiger partial charge in [0.15, 0.2) is 0 Å². The lowest BCUT2D eigenvalue weighted by Crippen LogP contribution is -2.45. The highest BCUT2D eigenvalue weighted by atomic mass is 32.1. The number of thiazole rings is 1. The van der Waals surface area contributed by atoms with Gasteiger partial charge in [-0.2, -0.15) is 0 Å². The summed E-state index contributed by atoms with van der Waals surface area (Å²) in [5, 5.41) is 4.02. The second kappa shape index (κ2) is 7.00. The minimum Gasteiger partial charge on any atom is -0.354 e. The number of rotatable bonds is 7. The minimum absolute atomic E-state index is 0.0813. The van der Waals surface area contributed by atoms with Crippen LogP contribution in [0.4, 0.5) is 0 Å². The number of amides is 1. The summed E-state index contributed by atoms with van der Waals surface area (Å²) in [6, 6.07) is 8.18. The number of carbonyl (C=O) groups excluding carboxylic acids is 1. The third kappa shape index (κ3) is 5.44. The van der Waals surface area contributed by atoms with Crippen LogP contribution in [-0.2, 0) is 11.2 Å². The number of unbranched alkanes of at least 4 members (excludes halogenated alkanes) is 1. The maximum atomic E-state index is 11.7. The van der Waals surface area contributed by atoms with E-state index in [1.165, 1.54) is 4.70 Å². The van der Waals surface area contributed by atoms with Gasteiger partial charge in [-0.05, 0) is 45.2 Å². The van der Waals surface area contributed by atoms with Crippen LogP contribution in [0.2, 0.25) is 0 Å². The summed E-state index contributed by atoms with van der Waals surface area (Å²) >= 11 is 1.74. The molecule has 0 spiro atoms. The monoisotopic (exact) mass is 305 g/mol. The Morgan fingerprint density at radius 3 is 2.81 bits per heavy atom. The molecule has 21 heavy (non-hydrogen) atoms. The highest BCUT2D eigenvalue weighted by molar-refractivity contribution is 7.18. The van der Waals surface area contributed by atoms with E-state index in [1.807, 2.05) is 32.0 Å². The third-order valence-electron chi connectivity index (χ3n) is 3.12. The van der Waals surface area contributed by atoms with Gasteiger partial charge in [0.1, 0.15) is 0 Å². The number of carbonyl (C=O) groups is 1. The highest BCUT2D eigenvalue weighted by Gasteiger charge is 2.12. The molecule has 0 saturated heterocycles. The topological polar surface area (TPSA) is 68.0 Å². The predicted octanol–water partition coefficient (Wildman–Crippen LogP) is 2.86. The van der Waals surface area contributed by atoms with E-state index in [0.717, 1.165) is 29.8 Å². The third-order valence-corrected chi connectivity index (χ3v) is 4.22. The van der Waals surface area contributed by atoms with Crippen molar-refractivity contribution >= 4 is 27.5 Å². The largest absolute Gasteiger partial charge is 0.354 e. The number of hydrogen-bond acceptors (Lipinski definition) is 4. The molecule has 0 aliphatic heterocycles. The zero-order valence-corrected chi connectivity index (χ0v) is 13.5. The van der Waals surface area contributed by atoms with E-state index < -0.39 is 0 Å². The first-order valence-electron chi connectivity index (χ1n) is 7.34. The van der Waals surface area contributed by atoms with Crippen LogP contribution in [0.15, 0.2) is 24.3 Å². The Morgan fingerprint density at radius 1 is 1.33 bits per heavy atom. The number of benzene rings is 1. The van der Waals surface area contributed by atoms with Crippen molar-refractivity contribution in [3.8, 4) is 0 Å². The van der Waals surface area contributed by atoms with Crippen LogP contribution < -0.4 is 11.1 Å². The Balaban J connectivity index is 1.68. The van der Waals surface area contributed by atoms with Gasteiger partial charge in [-0.25, -0.2) is 4.98 Å². The quantitative estimate of drug-likeness (QED) is 0.773. The van der Waals surface area contributed by atoms with Gasteiger partial charge >= 0.3 is 0 Å². The van der Waals surface area contributed by atoms with Crippen molar-refractivity contribution in [2.75, 3.05) is 6.54 Å². The summed E-state index contributed by atoms with van der Waals surface area (Å²) in [6.45, 7) is 4.32. The van der Waals surface area contributed by atoms with Crippen molar-refractivity contribution in [1.29, 1.82) is 0 Å². The molecule has 0 atom stereocenters. The molecule has 4 nitrogen and oxygen atoms in total. The van der Waals surface area contributed by atoms with E-state index in [4.69, 9.17) is 5.73 Å². The maximum Gasteiger partial charge on any atom is 0.220 e. The molecule has 114 valence electrons. The summed E-state index contributed by atoms with van der Waals surface area (Å²) in [5.74, 6) is 0.0813. The summed E-state index contributed by atoms with van der Waals surface area (Å²) in [5.41, 5.74) is 6.55. The first kappa shape index (κ1) is 15.9. The standard InChI is InChI=1S/C16H23N3OS/c1-16(2,17)11-18-14(20)9-5-6-10-15-19-12-7-3-4-8-13(12)21-15/h3-4,7-8H,5-6,9-11,17H2,1-2H3,(H,18,20). The van der Waals surface area contributed by atoms with Gasteiger partial charge in [0, 0.05) is 18.5 Å². The second-order valence-electron chi connectivity index (χ2n) is 6.05. The molecule has 0 bridgehead atoms. The number of aryl methyl sites for hydroxylation is 1. The van der Waals surface area contributed by atoms with Crippen LogP contribution in [0.1, 0.15) is 38.1 Å². The average Bonchev–Trinajstić information content (AvgIpc) is 2.83. The van der Waals surface area contributed by atoms with Crippen molar-refractivity contribution in [1.82, 2.24) is 10.3 Å². The van der Waals surface area contributed by atoms with Crippen LogP contribution in [-0.4, -0.2) is 23.0 Å². The molecule has 1 amide bonds. The Labute approximate surface area is 129 Å². The number of hydrogen-bond donors (Lipinski definition) is 2. The molecule has 0 aliphatic rings. The van der Waals surface area contributed by atoms with E-state index >= 15 is 0 Å². The fourth-order valence-corrected chi connectivity index (χ4v) is 3.01. The van der Waals surface area contributed by atoms with Crippen molar-refractivity contribution in [3.05, 3.63) is 29.3 Å². The number of aromatic nitrogens is 1. The first-order valence-corrected chi connectivity index (χ1v) is 8.16. The fourth-order valence-electron chi connectivity index (χ4n) is 2.00. The van der Waals surface area contributed by atoms with E-state index in [9.17, 15) is 4.79 Å². The van der Waals surface area contributed by atoms with E-state index in [2.05, 4.69) is 16.4 Å². The van der Waals surface area contributed by atoms with Gasteiger partial charge in [0.2, 0.25) is 5.91 Å². The van der Waals surface area contributed by atoms with Gasteiger partial charge in [0.25, 0.3) is 0 Å². The maximum absolute atomic E-state index is 11.7. The Bertz CT molecular complexity index is 568. The molecule has 5 heteroatoms. The van der Waals surface area contributed by atoms with Crippen LogP contribution in [0.5, 0.6) is 0 Å². The smallest absolute Gasteiger partial charge is 0.220 e. The van der Waals surface area contributed by atoms with Crippen LogP contribution in [0, 0.1) is 0 Å². The Hall–Kier alpha value is -1.46. The molecule has 1 heterocycles. The van der Waals surface area contributed by atoms with E-state index in [0.29, 0.717) is 13.0 Å². The zero-order chi connectivity index (χ0) is 15.3. The van der Waals surface area contributed by atoms with Crippen LogP contribution in [0.25, 0.3) is 10.2 Å². The summed E-state index contributed by atoms with van der Waals surface area (Å²) in [7, 11) is 0. The number of nitrogens with two attached hydrogens (primary N) is 1. The van der Waals surface area contributed by atoms with Crippen LogP contribution in [0.3, 0.4) is 0 Å². The molecule has 1 aromatic carbocycles. The van der Waals surface area contributed by atoms with Gasteiger partial charge < -0.3 is 11.1 Å². The van der Waals surface area contributed by atoms with Gasteiger partial charge in [-0.3, -0.25) is 4.79 Å². The molecular formula is C16H23N3OS. The van der Waals surface area contributed by atoms with E-state index in [1.54, 1.807) is 11.3 Å². The molecule has 0 saturated carbocycles. The average molecular weight is 305 g/mol. The molecule has 3 N–H and O–H groups in total. The van der Waals surface area contributed by atoms with Gasteiger partial charge in [-0.15, -0.1) is 11.3 Å². The molecule has 0 fully saturated rings. The number of nitrogens with zero attached hydrogens (tertiary/aromatic N) is 1.